The van der Waals surface area contributed by atoms with Gasteiger partial charge >= 0.3 is 0 Å². The van der Waals surface area contributed by atoms with Crippen molar-refractivity contribution >= 4 is 11.4 Å². The van der Waals surface area contributed by atoms with Gasteiger partial charge in [0.15, 0.2) is 0 Å². The molecule has 0 aliphatic heterocycles. The highest BCUT2D eigenvalue weighted by Gasteiger charge is 2.02. The minimum absolute atomic E-state index is 0.216. The SMILES string of the molecule is COc1ccc(NCc2ccccc2F)cc1N. The van der Waals surface area contributed by atoms with Crippen molar-refractivity contribution in [1.29, 1.82) is 0 Å². The summed E-state index contributed by atoms with van der Waals surface area (Å²) >= 11 is 0. The van der Waals surface area contributed by atoms with E-state index in [-0.39, 0.29) is 5.82 Å². The third-order valence-corrected chi connectivity index (χ3v) is 2.67. The van der Waals surface area contributed by atoms with E-state index in [9.17, 15) is 4.39 Å². The molecule has 0 spiro atoms. The fourth-order valence-electron chi connectivity index (χ4n) is 1.68. The van der Waals surface area contributed by atoms with Crippen molar-refractivity contribution in [3.63, 3.8) is 0 Å². The van der Waals surface area contributed by atoms with Crippen molar-refractivity contribution in [3.8, 4) is 5.75 Å². The predicted octanol–water partition coefficient (Wildman–Crippen LogP) is 3.03. The molecular formula is C14H15FN2O. The number of nitrogens with two attached hydrogens (primary N) is 1. The molecule has 94 valence electrons. The van der Waals surface area contributed by atoms with Gasteiger partial charge in [-0.3, -0.25) is 0 Å². The number of halogens is 1. The van der Waals surface area contributed by atoms with Gasteiger partial charge in [-0.05, 0) is 24.3 Å². The summed E-state index contributed by atoms with van der Waals surface area (Å²) in [6.07, 6.45) is 0. The first-order valence-corrected chi connectivity index (χ1v) is 5.61. The highest BCUT2D eigenvalue weighted by molar-refractivity contribution is 5.62. The van der Waals surface area contributed by atoms with Crippen LogP contribution < -0.4 is 15.8 Å². The van der Waals surface area contributed by atoms with Crippen LogP contribution in [0.4, 0.5) is 15.8 Å². The topological polar surface area (TPSA) is 47.3 Å². The maximum atomic E-state index is 13.4. The first kappa shape index (κ1) is 12.2. The second-order valence-corrected chi connectivity index (χ2v) is 3.90. The molecule has 0 bridgehead atoms. The lowest BCUT2D eigenvalue weighted by Gasteiger charge is -2.10. The van der Waals surface area contributed by atoms with Crippen LogP contribution in [0.1, 0.15) is 5.56 Å². The average Bonchev–Trinajstić information content (AvgIpc) is 2.38. The molecule has 0 heterocycles. The summed E-state index contributed by atoms with van der Waals surface area (Å²) in [4.78, 5) is 0. The standard InChI is InChI=1S/C14H15FN2O/c1-18-14-7-6-11(8-13(14)16)17-9-10-4-2-3-5-12(10)15/h2-8,17H,9,16H2,1H3. The number of methoxy groups -OCH3 is 1. The first-order valence-electron chi connectivity index (χ1n) is 5.61. The molecule has 0 atom stereocenters. The van der Waals surface area contributed by atoms with E-state index in [0.717, 1.165) is 5.69 Å². The zero-order chi connectivity index (χ0) is 13.0. The monoisotopic (exact) mass is 246 g/mol. The van der Waals surface area contributed by atoms with Crippen LogP contribution in [-0.2, 0) is 6.54 Å². The molecule has 3 nitrogen and oxygen atoms in total. The molecule has 2 aromatic rings. The van der Waals surface area contributed by atoms with E-state index in [0.29, 0.717) is 23.5 Å². The Kier molecular flexibility index (Phi) is 3.67. The van der Waals surface area contributed by atoms with Crippen molar-refractivity contribution in [3.05, 3.63) is 53.8 Å². The summed E-state index contributed by atoms with van der Waals surface area (Å²) in [5.41, 5.74) is 7.79. The number of benzene rings is 2. The van der Waals surface area contributed by atoms with Crippen LogP contribution in [0.25, 0.3) is 0 Å². The summed E-state index contributed by atoms with van der Waals surface area (Å²) in [7, 11) is 1.57. The zero-order valence-corrected chi connectivity index (χ0v) is 10.1. The Labute approximate surface area is 105 Å². The van der Waals surface area contributed by atoms with Crippen LogP contribution >= 0.6 is 0 Å². The molecular weight excluding hydrogens is 231 g/mol. The Morgan fingerprint density at radius 2 is 2.00 bits per heavy atom. The summed E-state index contributed by atoms with van der Waals surface area (Å²) < 4.78 is 18.5. The van der Waals surface area contributed by atoms with E-state index in [1.54, 1.807) is 31.4 Å². The van der Waals surface area contributed by atoms with Gasteiger partial charge in [-0.2, -0.15) is 0 Å². The lowest BCUT2D eigenvalue weighted by molar-refractivity contribution is 0.417. The van der Waals surface area contributed by atoms with Crippen LogP contribution in [0.2, 0.25) is 0 Å². The largest absolute Gasteiger partial charge is 0.495 e. The predicted molar refractivity (Wildman–Crippen MR) is 71.1 cm³/mol. The lowest BCUT2D eigenvalue weighted by Crippen LogP contribution is -2.02. The van der Waals surface area contributed by atoms with E-state index in [1.807, 2.05) is 12.1 Å². The van der Waals surface area contributed by atoms with Gasteiger partial charge in [-0.15, -0.1) is 0 Å². The van der Waals surface area contributed by atoms with Crippen molar-refractivity contribution in [1.82, 2.24) is 0 Å². The fraction of sp³-hybridized carbons (Fsp3) is 0.143. The smallest absolute Gasteiger partial charge is 0.141 e. The van der Waals surface area contributed by atoms with Crippen molar-refractivity contribution in [2.45, 2.75) is 6.54 Å². The van der Waals surface area contributed by atoms with Gasteiger partial charge in [-0.1, -0.05) is 18.2 Å². The first-order chi connectivity index (χ1) is 8.70. The molecule has 4 heteroatoms. The molecule has 0 aliphatic carbocycles. The van der Waals surface area contributed by atoms with E-state index in [4.69, 9.17) is 10.5 Å². The highest BCUT2D eigenvalue weighted by Crippen LogP contribution is 2.24. The summed E-state index contributed by atoms with van der Waals surface area (Å²) in [6.45, 7) is 0.415. The van der Waals surface area contributed by atoms with Crippen LogP contribution in [0.15, 0.2) is 42.5 Å². The van der Waals surface area contributed by atoms with Gasteiger partial charge in [-0.25, -0.2) is 4.39 Å². The number of hydrogen-bond donors (Lipinski definition) is 2. The molecule has 0 saturated heterocycles. The quantitative estimate of drug-likeness (QED) is 0.815. The summed E-state index contributed by atoms with van der Waals surface area (Å²) in [5, 5.41) is 3.12. The second kappa shape index (κ2) is 5.40. The molecule has 18 heavy (non-hydrogen) atoms. The highest BCUT2D eigenvalue weighted by atomic mass is 19.1. The maximum Gasteiger partial charge on any atom is 0.141 e. The Morgan fingerprint density at radius 1 is 1.22 bits per heavy atom. The number of anilines is 2. The van der Waals surface area contributed by atoms with Gasteiger partial charge in [0.05, 0.1) is 12.8 Å². The minimum atomic E-state index is -0.216. The van der Waals surface area contributed by atoms with Gasteiger partial charge in [0.25, 0.3) is 0 Å². The zero-order valence-electron chi connectivity index (χ0n) is 10.1. The number of nitrogens with one attached hydrogen (secondary N) is 1. The van der Waals surface area contributed by atoms with Gasteiger partial charge in [0, 0.05) is 17.8 Å². The minimum Gasteiger partial charge on any atom is -0.495 e. The Hall–Kier alpha value is -2.23. The van der Waals surface area contributed by atoms with Gasteiger partial charge < -0.3 is 15.8 Å². The third-order valence-electron chi connectivity index (χ3n) is 2.67. The Morgan fingerprint density at radius 3 is 2.67 bits per heavy atom. The maximum absolute atomic E-state index is 13.4. The molecule has 0 radical (unpaired) electrons. The molecule has 2 rings (SSSR count). The number of nitrogen functional groups attached to an aromatic ring is 1. The average molecular weight is 246 g/mol. The Bertz CT molecular complexity index is 543. The molecule has 2 aromatic carbocycles. The van der Waals surface area contributed by atoms with Crippen LogP contribution in [0.3, 0.4) is 0 Å². The molecule has 0 aliphatic rings. The Balaban J connectivity index is 2.07. The van der Waals surface area contributed by atoms with Crippen LogP contribution in [-0.4, -0.2) is 7.11 Å². The summed E-state index contributed by atoms with van der Waals surface area (Å²) in [5.74, 6) is 0.415. The molecule has 0 amide bonds. The van der Waals surface area contributed by atoms with E-state index in [2.05, 4.69) is 5.32 Å². The second-order valence-electron chi connectivity index (χ2n) is 3.90. The van der Waals surface area contributed by atoms with Gasteiger partial charge in [0.1, 0.15) is 11.6 Å². The summed E-state index contributed by atoms with van der Waals surface area (Å²) in [6, 6.07) is 12.1. The van der Waals surface area contributed by atoms with Crippen LogP contribution in [0, 0.1) is 5.82 Å². The van der Waals surface area contributed by atoms with Gasteiger partial charge in [0.2, 0.25) is 0 Å². The molecule has 3 N–H and O–H groups in total. The molecule has 0 aromatic heterocycles. The van der Waals surface area contributed by atoms with Crippen LogP contribution in [0.5, 0.6) is 5.75 Å². The molecule has 0 saturated carbocycles. The number of hydrogen-bond acceptors (Lipinski definition) is 3. The molecule has 0 fully saturated rings. The van der Waals surface area contributed by atoms with E-state index >= 15 is 0 Å². The third kappa shape index (κ3) is 2.71. The van der Waals surface area contributed by atoms with Crippen molar-refractivity contribution < 1.29 is 9.13 Å². The fourth-order valence-corrected chi connectivity index (χ4v) is 1.68. The van der Waals surface area contributed by atoms with Crippen molar-refractivity contribution in [2.24, 2.45) is 0 Å². The number of ether oxygens (including phenoxy) is 1. The normalized spacial score (nSPS) is 10.1. The van der Waals surface area contributed by atoms with Crippen molar-refractivity contribution in [2.75, 3.05) is 18.2 Å². The number of rotatable bonds is 4. The van der Waals surface area contributed by atoms with E-state index in [1.165, 1.54) is 6.07 Å². The lowest BCUT2D eigenvalue weighted by atomic mass is 10.2. The molecule has 0 unspecified atom stereocenters. The van der Waals surface area contributed by atoms with E-state index < -0.39 is 0 Å².